The fourth-order valence-corrected chi connectivity index (χ4v) is 3.02. The molecule has 0 amide bonds. The van der Waals surface area contributed by atoms with E-state index >= 15 is 0 Å². The smallest absolute Gasteiger partial charge is 0.143 e. The van der Waals surface area contributed by atoms with E-state index in [2.05, 4.69) is 37.9 Å². The maximum atomic E-state index is 4.28. The Morgan fingerprint density at radius 1 is 1.57 bits per heavy atom. The Kier molecular flexibility index (Phi) is 1.93. The first-order chi connectivity index (χ1) is 6.80. The van der Waals surface area contributed by atoms with Crippen molar-refractivity contribution in [2.24, 2.45) is 5.92 Å². The van der Waals surface area contributed by atoms with Gasteiger partial charge in [0.1, 0.15) is 12.1 Å². The van der Waals surface area contributed by atoms with E-state index in [1.54, 1.807) is 6.33 Å². The molecule has 2 saturated carbocycles. The molecule has 14 heavy (non-hydrogen) atoms. The molecule has 1 aromatic rings. The summed E-state index contributed by atoms with van der Waals surface area (Å²) in [4.78, 5) is 8.28. The highest BCUT2D eigenvalue weighted by atomic mass is 127. The molecule has 2 aliphatic carbocycles. The molecule has 0 radical (unpaired) electrons. The summed E-state index contributed by atoms with van der Waals surface area (Å²) in [6, 6.07) is 0. The number of nitrogens with zero attached hydrogens (tertiary/aromatic N) is 2. The van der Waals surface area contributed by atoms with Crippen LogP contribution >= 0.6 is 22.6 Å². The van der Waals surface area contributed by atoms with E-state index in [9.17, 15) is 0 Å². The lowest BCUT2D eigenvalue weighted by atomic mass is 10.2. The van der Waals surface area contributed by atoms with Gasteiger partial charge in [0.15, 0.2) is 0 Å². The summed E-state index contributed by atoms with van der Waals surface area (Å²) in [5.74, 6) is 1.93. The highest BCUT2D eigenvalue weighted by molar-refractivity contribution is 14.1. The maximum Gasteiger partial charge on any atom is 0.143 e. The minimum absolute atomic E-state index is 0.411. The molecule has 3 nitrogen and oxygen atoms in total. The van der Waals surface area contributed by atoms with Gasteiger partial charge in [-0.3, -0.25) is 0 Å². The van der Waals surface area contributed by atoms with Crippen LogP contribution in [0.3, 0.4) is 0 Å². The highest BCUT2D eigenvalue weighted by Gasteiger charge is 2.57. The van der Waals surface area contributed by atoms with E-state index in [-0.39, 0.29) is 0 Å². The van der Waals surface area contributed by atoms with Crippen molar-refractivity contribution in [1.82, 2.24) is 9.97 Å². The number of hydrogen-bond acceptors (Lipinski definition) is 3. The summed E-state index contributed by atoms with van der Waals surface area (Å²) >= 11 is 2.28. The van der Waals surface area contributed by atoms with Crippen LogP contribution in [0.2, 0.25) is 0 Å². The van der Waals surface area contributed by atoms with Gasteiger partial charge in [-0.15, -0.1) is 0 Å². The Labute approximate surface area is 96.9 Å². The van der Waals surface area contributed by atoms with Gasteiger partial charge in [0.05, 0.1) is 3.57 Å². The van der Waals surface area contributed by atoms with Crippen molar-refractivity contribution < 1.29 is 0 Å². The lowest BCUT2D eigenvalue weighted by Crippen LogP contribution is -2.22. The monoisotopic (exact) mass is 301 g/mol. The first kappa shape index (κ1) is 8.88. The predicted octanol–water partition coefficient (Wildman–Crippen LogP) is 2.44. The Morgan fingerprint density at radius 3 is 3.14 bits per heavy atom. The summed E-state index contributed by atoms with van der Waals surface area (Å²) in [5.41, 5.74) is 0.411. The van der Waals surface area contributed by atoms with Crippen LogP contribution in [0.1, 0.15) is 25.7 Å². The van der Waals surface area contributed by atoms with E-state index in [1.165, 1.54) is 25.7 Å². The average Bonchev–Trinajstić information content (AvgIpc) is 2.72. The third-order valence-electron chi connectivity index (χ3n) is 3.44. The number of nitrogens with one attached hydrogen (secondary N) is 1. The Hall–Kier alpha value is -0.390. The van der Waals surface area contributed by atoms with Gasteiger partial charge in [0.2, 0.25) is 0 Å². The summed E-state index contributed by atoms with van der Waals surface area (Å²) < 4.78 is 1.12. The number of anilines is 1. The number of fused-ring (bicyclic) bond motifs is 1. The van der Waals surface area contributed by atoms with E-state index in [0.29, 0.717) is 5.54 Å². The van der Waals surface area contributed by atoms with E-state index in [4.69, 9.17) is 0 Å². The molecule has 0 aliphatic heterocycles. The maximum absolute atomic E-state index is 4.28. The van der Waals surface area contributed by atoms with Crippen LogP contribution in [0.5, 0.6) is 0 Å². The van der Waals surface area contributed by atoms with Gasteiger partial charge in [-0.2, -0.15) is 0 Å². The quantitative estimate of drug-likeness (QED) is 0.853. The third-order valence-corrected chi connectivity index (χ3v) is 4.23. The fraction of sp³-hybridized carbons (Fsp3) is 0.600. The van der Waals surface area contributed by atoms with Crippen molar-refractivity contribution in [2.75, 3.05) is 5.32 Å². The molecule has 0 bridgehead atoms. The fourth-order valence-electron chi connectivity index (χ4n) is 2.59. The summed E-state index contributed by atoms with van der Waals surface area (Å²) in [5, 5.41) is 3.60. The standard InChI is InChI=1S/C10H12IN3/c11-8-5-12-6-13-9(8)14-10-3-1-2-7(10)4-10/h5-7H,1-4H2,(H,12,13,14). The van der Waals surface area contributed by atoms with E-state index < -0.39 is 0 Å². The molecular weight excluding hydrogens is 289 g/mol. The minimum Gasteiger partial charge on any atom is -0.363 e. The van der Waals surface area contributed by atoms with Crippen LogP contribution in [0.15, 0.2) is 12.5 Å². The zero-order valence-corrected chi connectivity index (χ0v) is 9.99. The normalized spacial score (nSPS) is 33.9. The molecule has 1 heterocycles. The molecule has 2 unspecified atom stereocenters. The molecule has 0 aromatic carbocycles. The predicted molar refractivity (Wildman–Crippen MR) is 63.1 cm³/mol. The molecule has 2 atom stereocenters. The van der Waals surface area contributed by atoms with Crippen molar-refractivity contribution in [3.63, 3.8) is 0 Å². The van der Waals surface area contributed by atoms with E-state index in [1.807, 2.05) is 6.20 Å². The molecule has 4 heteroatoms. The first-order valence-corrected chi connectivity index (χ1v) is 6.12. The van der Waals surface area contributed by atoms with Crippen molar-refractivity contribution in [3.05, 3.63) is 16.1 Å². The number of halogens is 1. The van der Waals surface area contributed by atoms with Crippen LogP contribution in [0, 0.1) is 9.49 Å². The molecule has 74 valence electrons. The molecule has 0 spiro atoms. The van der Waals surface area contributed by atoms with Crippen LogP contribution in [0.4, 0.5) is 5.82 Å². The van der Waals surface area contributed by atoms with Gasteiger partial charge in [-0.1, -0.05) is 6.42 Å². The van der Waals surface area contributed by atoms with Crippen LogP contribution in [-0.4, -0.2) is 15.5 Å². The summed E-state index contributed by atoms with van der Waals surface area (Å²) in [6.45, 7) is 0. The van der Waals surface area contributed by atoms with Crippen molar-refractivity contribution in [1.29, 1.82) is 0 Å². The molecular formula is C10H12IN3. The second-order valence-corrected chi connectivity index (χ2v) is 5.46. The van der Waals surface area contributed by atoms with Crippen LogP contribution < -0.4 is 5.32 Å². The first-order valence-electron chi connectivity index (χ1n) is 5.04. The van der Waals surface area contributed by atoms with Gasteiger partial charge >= 0.3 is 0 Å². The molecule has 0 saturated heterocycles. The van der Waals surface area contributed by atoms with Gasteiger partial charge < -0.3 is 5.32 Å². The lowest BCUT2D eigenvalue weighted by molar-refractivity contribution is 0.685. The van der Waals surface area contributed by atoms with Crippen molar-refractivity contribution in [3.8, 4) is 0 Å². The largest absolute Gasteiger partial charge is 0.363 e. The highest BCUT2D eigenvalue weighted by Crippen LogP contribution is 2.57. The summed E-state index contributed by atoms with van der Waals surface area (Å²) in [6.07, 6.45) is 8.91. The number of hydrogen-bond donors (Lipinski definition) is 1. The molecule has 3 rings (SSSR count). The average molecular weight is 301 g/mol. The van der Waals surface area contributed by atoms with Gasteiger partial charge in [-0.05, 0) is 47.8 Å². The third kappa shape index (κ3) is 1.31. The molecule has 2 aliphatic rings. The number of rotatable bonds is 2. The Morgan fingerprint density at radius 2 is 2.50 bits per heavy atom. The zero-order valence-electron chi connectivity index (χ0n) is 7.83. The number of aromatic nitrogens is 2. The second-order valence-electron chi connectivity index (χ2n) is 4.29. The molecule has 1 aromatic heterocycles. The summed E-state index contributed by atoms with van der Waals surface area (Å²) in [7, 11) is 0. The Bertz CT molecular complexity index is 368. The Balaban J connectivity index is 1.82. The van der Waals surface area contributed by atoms with Gasteiger partial charge in [0.25, 0.3) is 0 Å². The molecule has 1 N–H and O–H groups in total. The topological polar surface area (TPSA) is 37.8 Å². The van der Waals surface area contributed by atoms with Gasteiger partial charge in [-0.25, -0.2) is 9.97 Å². The lowest BCUT2D eigenvalue weighted by Gasteiger charge is -2.15. The second kappa shape index (κ2) is 3.05. The molecule has 2 fully saturated rings. The SMILES string of the molecule is Ic1cncnc1NC12CCCC1C2. The van der Waals surface area contributed by atoms with Crippen LogP contribution in [-0.2, 0) is 0 Å². The van der Waals surface area contributed by atoms with E-state index in [0.717, 1.165) is 15.3 Å². The minimum atomic E-state index is 0.411. The van der Waals surface area contributed by atoms with Crippen molar-refractivity contribution >= 4 is 28.4 Å². The zero-order chi connectivity index (χ0) is 9.60. The van der Waals surface area contributed by atoms with Gasteiger partial charge in [0, 0.05) is 11.7 Å². The van der Waals surface area contributed by atoms with Crippen LogP contribution in [0.25, 0.3) is 0 Å². The van der Waals surface area contributed by atoms with Crippen molar-refractivity contribution in [2.45, 2.75) is 31.2 Å².